The Bertz CT molecular complexity index is 364. The second-order valence-electron chi connectivity index (χ2n) is 2.03. The lowest BCUT2D eigenvalue weighted by Crippen LogP contribution is -1.78. The lowest BCUT2D eigenvalue weighted by atomic mass is 10.3. The van der Waals surface area contributed by atoms with Crippen LogP contribution in [0.15, 0.2) is 21.7 Å². The van der Waals surface area contributed by atoms with Crippen LogP contribution in [-0.4, -0.2) is 10.3 Å². The lowest BCUT2D eigenvalue weighted by Gasteiger charge is -1.89. The third kappa shape index (κ3) is 0.883. The maximum absolute atomic E-state index is 12.8. The average Bonchev–Trinajstić information content (AvgIpc) is 2.45. The summed E-state index contributed by atoms with van der Waals surface area (Å²) in [6.45, 7) is 0. The van der Waals surface area contributed by atoms with Crippen molar-refractivity contribution >= 4 is 23.7 Å². The van der Waals surface area contributed by atoms with Gasteiger partial charge >= 0.3 is 0 Å². The topological polar surface area (TPSA) is 38.9 Å². The molecule has 5 heteroatoms. The Balaban J connectivity index is 2.96. The molecule has 1 heterocycles. The molecule has 0 fully saturated rings. The van der Waals surface area contributed by atoms with Crippen LogP contribution in [0.5, 0.6) is 0 Å². The number of benzene rings is 1. The van der Waals surface area contributed by atoms with Gasteiger partial charge in [0.25, 0.3) is 0 Å². The molecule has 0 saturated heterocycles. The molecule has 0 bridgehead atoms. The van der Waals surface area contributed by atoms with Crippen molar-refractivity contribution in [2.24, 2.45) is 0 Å². The molecule has 56 valence electrons. The Morgan fingerprint density at radius 1 is 1.27 bits per heavy atom. The van der Waals surface area contributed by atoms with Gasteiger partial charge < -0.3 is 0 Å². The van der Waals surface area contributed by atoms with E-state index in [1.807, 2.05) is 0 Å². The average molecular weight is 170 g/mol. The van der Waals surface area contributed by atoms with Gasteiger partial charge in [-0.25, -0.2) is 9.02 Å². The van der Waals surface area contributed by atoms with E-state index in [2.05, 4.69) is 27.6 Å². The van der Waals surface area contributed by atoms with Crippen molar-refractivity contribution in [3.8, 4) is 0 Å². The summed E-state index contributed by atoms with van der Waals surface area (Å²) in [5, 5.41) is 6.85. The van der Waals surface area contributed by atoms with Crippen molar-refractivity contribution in [3.63, 3.8) is 0 Å². The van der Waals surface area contributed by atoms with Crippen LogP contribution in [0.25, 0.3) is 11.0 Å². The molecule has 0 radical (unpaired) electrons. The van der Waals surface area contributed by atoms with Crippen LogP contribution in [0.2, 0.25) is 0 Å². The first-order valence-corrected chi connectivity index (χ1v) is 3.33. The van der Waals surface area contributed by atoms with E-state index in [1.165, 1.54) is 12.1 Å². The minimum atomic E-state index is -0.445. The molecule has 0 amide bonds. The number of rotatable bonds is 0. The molecule has 1 aromatic carbocycles. The molecule has 0 aliphatic heterocycles. The highest BCUT2D eigenvalue weighted by Crippen LogP contribution is 2.20. The fourth-order valence-electron chi connectivity index (χ4n) is 0.823. The molecule has 0 aliphatic carbocycles. The van der Waals surface area contributed by atoms with Gasteiger partial charge in [-0.05, 0) is 22.4 Å². The molecular formula is C6H3FN2OS. The van der Waals surface area contributed by atoms with Gasteiger partial charge in [0.15, 0.2) is 16.9 Å². The minimum absolute atomic E-state index is 0.123. The number of hydrogen-bond acceptors (Lipinski definition) is 4. The van der Waals surface area contributed by atoms with Crippen molar-refractivity contribution in [1.29, 1.82) is 0 Å². The number of aromatic nitrogens is 2. The Labute approximate surface area is 66.6 Å². The minimum Gasteiger partial charge on any atom is -0.243 e. The van der Waals surface area contributed by atoms with Crippen molar-refractivity contribution < 1.29 is 9.02 Å². The first-order chi connectivity index (χ1) is 5.29. The second-order valence-corrected chi connectivity index (χ2v) is 2.51. The monoisotopic (exact) mass is 170 g/mol. The zero-order valence-electron chi connectivity index (χ0n) is 5.28. The SMILES string of the molecule is Fc1ccc(S)c2nonc12. The zero-order chi connectivity index (χ0) is 7.84. The molecular weight excluding hydrogens is 167 g/mol. The Morgan fingerprint density at radius 2 is 2.00 bits per heavy atom. The predicted octanol–water partition coefficient (Wildman–Crippen LogP) is 1.65. The highest BCUT2D eigenvalue weighted by molar-refractivity contribution is 7.80. The standard InChI is InChI=1S/C6H3FN2OS/c7-3-1-2-4(11)6-5(3)8-10-9-6/h1-2,11H. The number of thiol groups is 1. The zero-order valence-corrected chi connectivity index (χ0v) is 6.18. The molecule has 0 N–H and O–H groups in total. The Kier molecular flexibility index (Phi) is 1.32. The van der Waals surface area contributed by atoms with E-state index in [0.29, 0.717) is 10.4 Å². The first-order valence-electron chi connectivity index (χ1n) is 2.89. The van der Waals surface area contributed by atoms with Crippen molar-refractivity contribution in [2.75, 3.05) is 0 Å². The number of hydrogen-bond donors (Lipinski definition) is 1. The van der Waals surface area contributed by atoms with Gasteiger partial charge in [0.1, 0.15) is 0 Å². The smallest absolute Gasteiger partial charge is 0.171 e. The molecule has 0 unspecified atom stereocenters. The van der Waals surface area contributed by atoms with Crippen molar-refractivity contribution in [2.45, 2.75) is 4.90 Å². The second kappa shape index (κ2) is 2.20. The van der Waals surface area contributed by atoms with E-state index in [-0.39, 0.29) is 5.52 Å². The van der Waals surface area contributed by atoms with Crippen LogP contribution in [0, 0.1) is 5.82 Å². The van der Waals surface area contributed by atoms with Crippen LogP contribution in [-0.2, 0) is 0 Å². The van der Waals surface area contributed by atoms with E-state index in [0.717, 1.165) is 0 Å². The number of nitrogens with zero attached hydrogens (tertiary/aromatic N) is 2. The van der Waals surface area contributed by atoms with Gasteiger partial charge in [-0.1, -0.05) is 0 Å². The van der Waals surface area contributed by atoms with E-state index < -0.39 is 5.82 Å². The third-order valence-corrected chi connectivity index (χ3v) is 1.71. The summed E-state index contributed by atoms with van der Waals surface area (Å²) >= 11 is 4.03. The van der Waals surface area contributed by atoms with E-state index in [4.69, 9.17) is 0 Å². The van der Waals surface area contributed by atoms with Gasteiger partial charge in [0.2, 0.25) is 0 Å². The molecule has 11 heavy (non-hydrogen) atoms. The number of fused-ring (bicyclic) bond motifs is 1. The van der Waals surface area contributed by atoms with E-state index in [9.17, 15) is 4.39 Å². The highest BCUT2D eigenvalue weighted by Gasteiger charge is 2.08. The van der Waals surface area contributed by atoms with Crippen molar-refractivity contribution in [1.82, 2.24) is 10.3 Å². The molecule has 1 aromatic heterocycles. The highest BCUT2D eigenvalue weighted by atomic mass is 32.1. The molecule has 2 rings (SSSR count). The van der Waals surface area contributed by atoms with Gasteiger partial charge in [0, 0.05) is 4.90 Å². The number of halogens is 1. The Morgan fingerprint density at radius 3 is 2.73 bits per heavy atom. The molecule has 2 aromatic rings. The van der Waals surface area contributed by atoms with Crippen LogP contribution >= 0.6 is 12.6 Å². The summed E-state index contributed by atoms with van der Waals surface area (Å²) in [5.41, 5.74) is 0.478. The predicted molar refractivity (Wildman–Crippen MR) is 39.0 cm³/mol. The summed E-state index contributed by atoms with van der Waals surface area (Å²) in [6.07, 6.45) is 0. The van der Waals surface area contributed by atoms with E-state index >= 15 is 0 Å². The summed E-state index contributed by atoms with van der Waals surface area (Å²) in [6, 6.07) is 2.78. The van der Waals surface area contributed by atoms with Crippen molar-refractivity contribution in [3.05, 3.63) is 17.9 Å². The van der Waals surface area contributed by atoms with Crippen LogP contribution in [0.1, 0.15) is 0 Å². The Hall–Kier alpha value is -1.10. The van der Waals surface area contributed by atoms with Crippen LogP contribution in [0.4, 0.5) is 4.39 Å². The molecule has 0 aliphatic rings. The van der Waals surface area contributed by atoms with Crippen LogP contribution in [0.3, 0.4) is 0 Å². The summed E-state index contributed by atoms with van der Waals surface area (Å²) in [4.78, 5) is 0.558. The molecule has 0 saturated carbocycles. The van der Waals surface area contributed by atoms with Gasteiger partial charge in [-0.2, -0.15) is 0 Å². The summed E-state index contributed by atoms with van der Waals surface area (Å²) in [7, 11) is 0. The lowest BCUT2D eigenvalue weighted by molar-refractivity contribution is 0.314. The van der Waals surface area contributed by atoms with E-state index in [1.54, 1.807) is 0 Å². The molecule has 0 spiro atoms. The summed E-state index contributed by atoms with van der Waals surface area (Å²) in [5.74, 6) is -0.445. The third-order valence-electron chi connectivity index (χ3n) is 1.34. The quantitative estimate of drug-likeness (QED) is 0.611. The normalized spacial score (nSPS) is 10.7. The first kappa shape index (κ1) is 6.60. The maximum atomic E-state index is 12.8. The largest absolute Gasteiger partial charge is 0.243 e. The maximum Gasteiger partial charge on any atom is 0.171 e. The van der Waals surface area contributed by atoms with Crippen LogP contribution < -0.4 is 0 Å². The van der Waals surface area contributed by atoms with Gasteiger partial charge in [0.05, 0.1) is 0 Å². The summed E-state index contributed by atoms with van der Waals surface area (Å²) < 4.78 is 17.1. The van der Waals surface area contributed by atoms with Gasteiger partial charge in [-0.15, -0.1) is 12.6 Å². The fourth-order valence-corrected chi connectivity index (χ4v) is 1.04. The molecule has 3 nitrogen and oxygen atoms in total. The van der Waals surface area contributed by atoms with Gasteiger partial charge in [-0.3, -0.25) is 0 Å². The molecule has 0 atom stereocenters. The fraction of sp³-hybridized carbons (Fsp3) is 0.